The van der Waals surface area contributed by atoms with Crippen molar-refractivity contribution in [2.24, 2.45) is 0 Å². The Morgan fingerprint density at radius 1 is 1.33 bits per heavy atom. The Bertz CT molecular complexity index is 370. The Kier molecular flexibility index (Phi) is 1.51. The molecule has 1 N–H and O–H groups in total. The molecule has 1 aromatic heterocycles. The maximum absolute atomic E-state index is 9.38. The van der Waals surface area contributed by atoms with E-state index in [1.807, 2.05) is 6.07 Å². The number of benzene rings is 1. The molecule has 12 heavy (non-hydrogen) atoms. The number of para-hydroxylation sites is 2. The topological polar surface area (TPSA) is 50.9 Å². The predicted octanol–water partition coefficient (Wildman–Crippen LogP) is 0.773. The van der Waals surface area contributed by atoms with Gasteiger partial charge in [0.05, 0.1) is 6.20 Å². The van der Waals surface area contributed by atoms with Crippen LogP contribution in [-0.4, -0.2) is 20.1 Å². The third-order valence-electron chi connectivity index (χ3n) is 1.51. The van der Waals surface area contributed by atoms with E-state index in [1.165, 1.54) is 4.68 Å². The van der Waals surface area contributed by atoms with Crippen molar-refractivity contribution in [3.63, 3.8) is 0 Å². The van der Waals surface area contributed by atoms with E-state index in [0.717, 1.165) is 0 Å². The van der Waals surface area contributed by atoms with Crippen molar-refractivity contribution in [3.05, 3.63) is 36.7 Å². The van der Waals surface area contributed by atoms with Crippen molar-refractivity contribution in [2.45, 2.75) is 0 Å². The van der Waals surface area contributed by atoms with Gasteiger partial charge in [-0.2, -0.15) is 0 Å². The van der Waals surface area contributed by atoms with Crippen LogP contribution in [0.25, 0.3) is 5.69 Å². The number of nitrogens with zero attached hydrogens (tertiary/aromatic N) is 3. The van der Waals surface area contributed by atoms with Crippen LogP contribution in [0.3, 0.4) is 0 Å². The third-order valence-corrected chi connectivity index (χ3v) is 1.51. The molecule has 0 aliphatic carbocycles. The fourth-order valence-corrected chi connectivity index (χ4v) is 0.956. The van der Waals surface area contributed by atoms with Crippen LogP contribution in [0.1, 0.15) is 0 Å². The Morgan fingerprint density at radius 2 is 2.17 bits per heavy atom. The van der Waals surface area contributed by atoms with Gasteiger partial charge in [-0.25, -0.2) is 4.68 Å². The molecule has 0 amide bonds. The van der Waals surface area contributed by atoms with Gasteiger partial charge < -0.3 is 5.11 Å². The quantitative estimate of drug-likeness (QED) is 0.670. The first-order valence-corrected chi connectivity index (χ1v) is 3.45. The van der Waals surface area contributed by atoms with Crippen molar-refractivity contribution in [3.8, 4) is 11.4 Å². The van der Waals surface area contributed by atoms with E-state index >= 15 is 0 Å². The van der Waals surface area contributed by atoms with Crippen molar-refractivity contribution < 1.29 is 5.11 Å². The van der Waals surface area contributed by atoms with Gasteiger partial charge in [-0.05, 0) is 12.1 Å². The van der Waals surface area contributed by atoms with Gasteiger partial charge in [0.2, 0.25) is 0 Å². The maximum Gasteiger partial charge on any atom is 0.141 e. The SMILES string of the molecule is Oc1ccccc1-n1c[c]nn1. The Hall–Kier alpha value is -1.84. The summed E-state index contributed by atoms with van der Waals surface area (Å²) in [5.74, 6) is 0.177. The molecule has 0 bridgehead atoms. The third kappa shape index (κ3) is 1.03. The maximum atomic E-state index is 9.38. The average molecular weight is 160 g/mol. The van der Waals surface area contributed by atoms with Crippen LogP contribution >= 0.6 is 0 Å². The van der Waals surface area contributed by atoms with Gasteiger partial charge in [0.1, 0.15) is 17.6 Å². The molecule has 0 unspecified atom stereocenters. The lowest BCUT2D eigenvalue weighted by Crippen LogP contribution is -1.94. The molecule has 59 valence electrons. The molecule has 0 aliphatic rings. The predicted molar refractivity (Wildman–Crippen MR) is 41.9 cm³/mol. The van der Waals surface area contributed by atoms with Crippen molar-refractivity contribution in [2.75, 3.05) is 0 Å². The van der Waals surface area contributed by atoms with Crippen molar-refractivity contribution >= 4 is 0 Å². The van der Waals surface area contributed by atoms with Gasteiger partial charge in [-0.1, -0.05) is 17.3 Å². The molecule has 2 rings (SSSR count). The Balaban J connectivity index is 2.55. The van der Waals surface area contributed by atoms with Crippen molar-refractivity contribution in [1.82, 2.24) is 15.0 Å². The van der Waals surface area contributed by atoms with Crippen LogP contribution in [0.5, 0.6) is 5.75 Å². The minimum absolute atomic E-state index is 0.177. The summed E-state index contributed by atoms with van der Waals surface area (Å²) in [6.45, 7) is 0. The van der Waals surface area contributed by atoms with Crippen LogP contribution in [0.15, 0.2) is 30.5 Å². The van der Waals surface area contributed by atoms with Crippen LogP contribution in [0.4, 0.5) is 0 Å². The lowest BCUT2D eigenvalue weighted by atomic mass is 10.3. The fourth-order valence-electron chi connectivity index (χ4n) is 0.956. The summed E-state index contributed by atoms with van der Waals surface area (Å²) in [4.78, 5) is 0. The number of hydrogen-bond donors (Lipinski definition) is 1. The molecule has 4 nitrogen and oxygen atoms in total. The van der Waals surface area contributed by atoms with E-state index in [9.17, 15) is 5.11 Å². The number of aromatic nitrogens is 3. The van der Waals surface area contributed by atoms with E-state index in [2.05, 4.69) is 16.5 Å². The zero-order valence-electron chi connectivity index (χ0n) is 6.18. The highest BCUT2D eigenvalue weighted by atomic mass is 16.3. The van der Waals surface area contributed by atoms with Gasteiger partial charge in [-0.3, -0.25) is 0 Å². The molecule has 0 spiro atoms. The second kappa shape index (κ2) is 2.65. The molecular formula is C8H6N3O. The molecule has 1 radical (unpaired) electrons. The minimum atomic E-state index is 0.177. The van der Waals surface area contributed by atoms with Crippen molar-refractivity contribution in [1.29, 1.82) is 0 Å². The number of phenols is 1. The lowest BCUT2D eigenvalue weighted by molar-refractivity contribution is 0.470. The first-order valence-electron chi connectivity index (χ1n) is 3.45. The zero-order chi connectivity index (χ0) is 8.39. The molecule has 4 heteroatoms. The molecule has 0 aliphatic heterocycles. The molecule has 1 aromatic carbocycles. The molecule has 0 saturated carbocycles. The number of aromatic hydroxyl groups is 1. The van der Waals surface area contributed by atoms with E-state index in [4.69, 9.17) is 0 Å². The highest BCUT2D eigenvalue weighted by molar-refractivity contribution is 5.44. The molecular weight excluding hydrogens is 154 g/mol. The largest absolute Gasteiger partial charge is 0.506 e. The van der Waals surface area contributed by atoms with E-state index < -0.39 is 0 Å². The summed E-state index contributed by atoms with van der Waals surface area (Å²) in [6.07, 6.45) is 4.10. The smallest absolute Gasteiger partial charge is 0.141 e. The highest BCUT2D eigenvalue weighted by Crippen LogP contribution is 2.18. The molecule has 1 heterocycles. The second-order valence-corrected chi connectivity index (χ2v) is 2.28. The number of rotatable bonds is 1. The summed E-state index contributed by atoms with van der Waals surface area (Å²) in [5.41, 5.74) is 0.603. The molecule has 2 aromatic rings. The van der Waals surface area contributed by atoms with Crippen LogP contribution < -0.4 is 0 Å². The minimum Gasteiger partial charge on any atom is -0.506 e. The summed E-state index contributed by atoms with van der Waals surface area (Å²) in [5, 5.41) is 16.6. The summed E-state index contributed by atoms with van der Waals surface area (Å²) < 4.78 is 1.45. The first-order chi connectivity index (χ1) is 5.88. The van der Waals surface area contributed by atoms with Gasteiger partial charge >= 0.3 is 0 Å². The first kappa shape index (κ1) is 6.84. The molecule has 0 fully saturated rings. The molecule has 0 saturated heterocycles. The summed E-state index contributed by atoms with van der Waals surface area (Å²) >= 11 is 0. The average Bonchev–Trinajstić information content (AvgIpc) is 2.57. The van der Waals surface area contributed by atoms with Crippen LogP contribution in [0, 0.1) is 6.20 Å². The standard InChI is InChI=1S/C8H6N3O/c12-8-4-2-1-3-7(8)11-6-5-9-10-11/h1-4,6,12H. The van der Waals surface area contributed by atoms with E-state index in [0.29, 0.717) is 5.69 Å². The second-order valence-electron chi connectivity index (χ2n) is 2.28. The Morgan fingerprint density at radius 3 is 2.83 bits per heavy atom. The van der Waals surface area contributed by atoms with Gasteiger partial charge in [0.25, 0.3) is 0 Å². The van der Waals surface area contributed by atoms with E-state index in [-0.39, 0.29) is 5.75 Å². The van der Waals surface area contributed by atoms with Gasteiger partial charge in [0.15, 0.2) is 0 Å². The van der Waals surface area contributed by atoms with E-state index in [1.54, 1.807) is 24.4 Å². The number of hydrogen-bond acceptors (Lipinski definition) is 3. The zero-order valence-corrected chi connectivity index (χ0v) is 6.18. The monoisotopic (exact) mass is 160 g/mol. The lowest BCUT2D eigenvalue weighted by Gasteiger charge is -2.00. The normalized spacial score (nSPS) is 10.0. The van der Waals surface area contributed by atoms with Crippen LogP contribution in [-0.2, 0) is 0 Å². The summed E-state index contributed by atoms with van der Waals surface area (Å²) in [6, 6.07) is 6.91. The van der Waals surface area contributed by atoms with Crippen LogP contribution in [0.2, 0.25) is 0 Å². The van der Waals surface area contributed by atoms with Gasteiger partial charge in [0, 0.05) is 0 Å². The summed E-state index contributed by atoms with van der Waals surface area (Å²) in [7, 11) is 0. The Labute approximate surface area is 69.1 Å². The molecule has 0 atom stereocenters. The highest BCUT2D eigenvalue weighted by Gasteiger charge is 2.00. The van der Waals surface area contributed by atoms with Gasteiger partial charge in [-0.15, -0.1) is 5.10 Å². The fraction of sp³-hybridized carbons (Fsp3) is 0. The number of phenolic OH excluding ortho intramolecular Hbond substituents is 1.